The third kappa shape index (κ3) is 7.06. The normalized spacial score (nSPS) is 18.5. The quantitative estimate of drug-likeness (QED) is 0.193. The lowest BCUT2D eigenvalue weighted by atomic mass is 9.78. The van der Waals surface area contributed by atoms with Crippen molar-refractivity contribution < 1.29 is 4.39 Å². The van der Waals surface area contributed by atoms with Crippen LogP contribution in [-0.2, 0) is 19.3 Å². The van der Waals surface area contributed by atoms with Gasteiger partial charge in [0.25, 0.3) is 0 Å². The lowest BCUT2D eigenvalue weighted by Crippen LogP contribution is -2.11. The van der Waals surface area contributed by atoms with Gasteiger partial charge in [-0.25, -0.2) is 4.39 Å². The van der Waals surface area contributed by atoms with Gasteiger partial charge in [-0.05, 0) is 97.3 Å². The molecule has 186 valence electrons. The Labute approximate surface area is 212 Å². The molecule has 0 nitrogen and oxygen atoms in total. The molecule has 1 fully saturated rings. The highest BCUT2D eigenvalue weighted by Crippen LogP contribution is 2.36. The topological polar surface area (TPSA) is 0 Å². The minimum absolute atomic E-state index is 0.0380. The summed E-state index contributed by atoms with van der Waals surface area (Å²) in [5, 5.41) is 1.79. The summed E-state index contributed by atoms with van der Waals surface area (Å²) in [6, 6.07) is 19.5. The lowest BCUT2D eigenvalue weighted by molar-refractivity contribution is 0.375. The summed E-state index contributed by atoms with van der Waals surface area (Å²) in [4.78, 5) is 0. The van der Waals surface area contributed by atoms with Gasteiger partial charge in [0.05, 0.1) is 0 Å². The van der Waals surface area contributed by atoms with Crippen molar-refractivity contribution in [2.75, 3.05) is 0 Å². The van der Waals surface area contributed by atoms with Crippen molar-refractivity contribution in [1.29, 1.82) is 0 Å². The van der Waals surface area contributed by atoms with Gasteiger partial charge in [-0.15, -0.1) is 0 Å². The summed E-state index contributed by atoms with van der Waals surface area (Å²) in [6.07, 6.45) is 18.9. The molecule has 35 heavy (non-hydrogen) atoms. The number of rotatable bonds is 11. The Balaban J connectivity index is 1.32. The number of hydrogen-bond acceptors (Lipinski definition) is 0. The number of hydrogen-bond donors (Lipinski definition) is 0. The molecule has 0 aliphatic heterocycles. The summed E-state index contributed by atoms with van der Waals surface area (Å²) in [5.41, 5.74) is 4.93. The van der Waals surface area contributed by atoms with Crippen molar-refractivity contribution in [3.05, 3.63) is 94.8 Å². The molecule has 3 aromatic carbocycles. The summed E-state index contributed by atoms with van der Waals surface area (Å²) >= 11 is 0. The molecule has 0 bridgehead atoms. The van der Waals surface area contributed by atoms with E-state index >= 15 is 4.39 Å². The Morgan fingerprint density at radius 1 is 0.771 bits per heavy atom. The molecule has 0 aromatic heterocycles. The van der Waals surface area contributed by atoms with Crippen LogP contribution in [0.15, 0.2) is 66.7 Å². The molecule has 1 aliphatic carbocycles. The summed E-state index contributed by atoms with van der Waals surface area (Å²) in [5.74, 6) is 1.44. The molecule has 1 saturated carbocycles. The van der Waals surface area contributed by atoms with Crippen LogP contribution < -0.4 is 0 Å². The van der Waals surface area contributed by atoms with E-state index in [0.717, 1.165) is 41.5 Å². The van der Waals surface area contributed by atoms with Crippen LogP contribution in [0.2, 0.25) is 0 Å². The van der Waals surface area contributed by atoms with E-state index in [1.807, 2.05) is 12.1 Å². The second-order valence-electron chi connectivity index (χ2n) is 10.6. The minimum Gasteiger partial charge on any atom is -0.206 e. The maximum Gasteiger partial charge on any atom is 0.134 e. The van der Waals surface area contributed by atoms with Crippen molar-refractivity contribution in [2.45, 2.75) is 96.8 Å². The fourth-order valence-electron chi connectivity index (χ4n) is 5.65. The first-order valence-electron chi connectivity index (χ1n) is 14.1. The van der Waals surface area contributed by atoms with Gasteiger partial charge in [0.1, 0.15) is 5.82 Å². The molecule has 0 atom stereocenters. The van der Waals surface area contributed by atoms with Crippen molar-refractivity contribution in [2.24, 2.45) is 5.92 Å². The Hall–Kier alpha value is -2.41. The van der Waals surface area contributed by atoms with Gasteiger partial charge in [-0.2, -0.15) is 0 Å². The van der Waals surface area contributed by atoms with Crippen LogP contribution in [0.4, 0.5) is 4.39 Å². The second kappa shape index (κ2) is 13.1. The number of fused-ring (bicyclic) bond motifs is 1. The van der Waals surface area contributed by atoms with E-state index in [1.54, 1.807) is 0 Å². The maximum absolute atomic E-state index is 15.2. The fraction of sp³-hybridized carbons (Fsp3) is 0.471. The molecule has 4 rings (SSSR count). The number of benzene rings is 3. The highest BCUT2D eigenvalue weighted by atomic mass is 19.1. The Morgan fingerprint density at radius 2 is 1.54 bits per heavy atom. The first kappa shape index (κ1) is 25.7. The molecule has 0 amide bonds. The van der Waals surface area contributed by atoms with Gasteiger partial charge < -0.3 is 0 Å². The highest BCUT2D eigenvalue weighted by Gasteiger charge is 2.20. The van der Waals surface area contributed by atoms with E-state index in [4.69, 9.17) is 0 Å². The van der Waals surface area contributed by atoms with Gasteiger partial charge in [0.15, 0.2) is 0 Å². The Kier molecular flexibility index (Phi) is 9.57. The average molecular weight is 471 g/mol. The SMILES string of the molecule is CCC/C=C/C1CCC(c2ccc(CCc3ccc4cc(CCCCC)ccc4c3F)cc2)CC1. The molecule has 0 heterocycles. The van der Waals surface area contributed by atoms with Gasteiger partial charge >= 0.3 is 0 Å². The van der Waals surface area contributed by atoms with Gasteiger partial charge in [-0.3, -0.25) is 0 Å². The number of allylic oxidation sites excluding steroid dienone is 2. The van der Waals surface area contributed by atoms with Crippen molar-refractivity contribution in [1.82, 2.24) is 0 Å². The molecule has 1 aliphatic rings. The Morgan fingerprint density at radius 3 is 2.29 bits per heavy atom. The first-order valence-corrected chi connectivity index (χ1v) is 14.1. The van der Waals surface area contributed by atoms with Crippen LogP contribution in [0, 0.1) is 11.7 Å². The highest BCUT2D eigenvalue weighted by molar-refractivity contribution is 5.84. The molecule has 1 heteroatoms. The largest absolute Gasteiger partial charge is 0.206 e. The molecular formula is C34H43F. The summed E-state index contributed by atoms with van der Waals surface area (Å²) in [7, 11) is 0. The predicted molar refractivity (Wildman–Crippen MR) is 150 cm³/mol. The number of unbranched alkanes of at least 4 members (excludes halogenated alkanes) is 3. The van der Waals surface area contributed by atoms with Crippen molar-refractivity contribution in [3.8, 4) is 0 Å². The number of halogens is 1. The smallest absolute Gasteiger partial charge is 0.134 e. The van der Waals surface area contributed by atoms with Crippen molar-refractivity contribution in [3.63, 3.8) is 0 Å². The standard InChI is InChI=1S/C34H43F/c1-3-5-7-9-26-11-17-29(18-12-26)30-19-13-27(14-20-30)15-21-31-22-23-32-25-28(10-8-6-4-2)16-24-33(32)34(31)35/h7,9,13-14,16,19-20,22-26,29H,3-6,8,10-12,15,17-18,21H2,1-2H3/b9-7+. The van der Waals surface area contributed by atoms with E-state index in [2.05, 4.69) is 68.5 Å². The summed E-state index contributed by atoms with van der Waals surface area (Å²) < 4.78 is 15.2. The molecule has 3 aromatic rings. The fourth-order valence-corrected chi connectivity index (χ4v) is 5.65. The second-order valence-corrected chi connectivity index (χ2v) is 10.6. The third-order valence-corrected chi connectivity index (χ3v) is 7.94. The third-order valence-electron chi connectivity index (χ3n) is 7.94. The maximum atomic E-state index is 15.2. The molecule has 0 saturated heterocycles. The monoisotopic (exact) mass is 470 g/mol. The van der Waals surface area contributed by atoms with E-state index in [9.17, 15) is 0 Å². The molecular weight excluding hydrogens is 427 g/mol. The average Bonchev–Trinajstić information content (AvgIpc) is 2.89. The zero-order valence-corrected chi connectivity index (χ0v) is 21.9. The van der Waals surface area contributed by atoms with E-state index < -0.39 is 0 Å². The molecule has 0 radical (unpaired) electrons. The van der Waals surface area contributed by atoms with Crippen LogP contribution in [-0.4, -0.2) is 0 Å². The minimum atomic E-state index is -0.0380. The van der Waals surface area contributed by atoms with E-state index in [1.165, 1.54) is 74.5 Å². The van der Waals surface area contributed by atoms with Crippen LogP contribution in [0.1, 0.15) is 99.8 Å². The molecule has 0 N–H and O–H groups in total. The van der Waals surface area contributed by atoms with Gasteiger partial charge in [-0.1, -0.05) is 99.9 Å². The van der Waals surface area contributed by atoms with Crippen LogP contribution in [0.5, 0.6) is 0 Å². The predicted octanol–water partition coefficient (Wildman–Crippen LogP) is 10.1. The number of aryl methyl sites for hydroxylation is 3. The summed E-state index contributed by atoms with van der Waals surface area (Å²) in [6.45, 7) is 4.47. The van der Waals surface area contributed by atoms with Gasteiger partial charge in [0.2, 0.25) is 0 Å². The van der Waals surface area contributed by atoms with Crippen molar-refractivity contribution >= 4 is 10.8 Å². The lowest BCUT2D eigenvalue weighted by Gasteiger charge is -2.27. The van der Waals surface area contributed by atoms with Gasteiger partial charge in [0, 0.05) is 5.39 Å². The zero-order chi connectivity index (χ0) is 24.5. The van der Waals surface area contributed by atoms with Crippen LogP contribution in [0.25, 0.3) is 10.8 Å². The van der Waals surface area contributed by atoms with E-state index in [-0.39, 0.29) is 5.82 Å². The Bertz CT molecular complexity index is 1080. The van der Waals surface area contributed by atoms with Crippen LogP contribution >= 0.6 is 0 Å². The van der Waals surface area contributed by atoms with E-state index in [0.29, 0.717) is 5.92 Å². The zero-order valence-electron chi connectivity index (χ0n) is 21.9. The molecule has 0 unspecified atom stereocenters. The molecule has 0 spiro atoms. The first-order chi connectivity index (χ1) is 17.2. The van der Waals surface area contributed by atoms with Crippen LogP contribution in [0.3, 0.4) is 0 Å².